The van der Waals surface area contributed by atoms with Crippen LogP contribution < -0.4 is 15.0 Å². The van der Waals surface area contributed by atoms with Gasteiger partial charge in [-0.05, 0) is 91.8 Å². The molecule has 0 aliphatic carbocycles. The standard InChI is InChI=1S/C24H21N3O3S/c1-15-11-16(2)13-19(12-15)27-23(29)21(22(28)25-24(27)31)14-18-5-4-10-26(18)17-6-8-20(30-3)9-7-17/h4-14H,1-3H3,(H,25,28,31)/b21-14+. The van der Waals surface area contributed by atoms with Gasteiger partial charge in [0.15, 0.2) is 5.11 Å². The van der Waals surface area contributed by atoms with E-state index in [1.165, 1.54) is 4.90 Å². The fraction of sp³-hybridized carbons (Fsp3) is 0.125. The summed E-state index contributed by atoms with van der Waals surface area (Å²) in [4.78, 5) is 27.3. The molecule has 1 N–H and O–H groups in total. The lowest BCUT2D eigenvalue weighted by Gasteiger charge is -2.29. The van der Waals surface area contributed by atoms with Crippen molar-refractivity contribution in [3.63, 3.8) is 0 Å². The van der Waals surface area contributed by atoms with E-state index in [1.54, 1.807) is 13.2 Å². The van der Waals surface area contributed by atoms with Crippen LogP contribution in [0.15, 0.2) is 66.4 Å². The average molecular weight is 432 g/mol. The third kappa shape index (κ3) is 4.00. The quantitative estimate of drug-likeness (QED) is 0.386. The van der Waals surface area contributed by atoms with Crippen molar-refractivity contribution in [3.05, 3.63) is 83.2 Å². The number of aromatic nitrogens is 1. The zero-order chi connectivity index (χ0) is 22.1. The molecule has 1 aliphatic rings. The van der Waals surface area contributed by atoms with Crippen molar-refractivity contribution in [2.75, 3.05) is 12.0 Å². The number of benzene rings is 2. The van der Waals surface area contributed by atoms with Crippen LogP contribution in [0.2, 0.25) is 0 Å². The normalized spacial score (nSPS) is 15.4. The van der Waals surface area contributed by atoms with Gasteiger partial charge < -0.3 is 9.30 Å². The molecule has 1 aromatic heterocycles. The van der Waals surface area contributed by atoms with Crippen LogP contribution in [0.4, 0.5) is 5.69 Å². The number of carbonyl (C=O) groups is 2. The number of hydrogen-bond donors (Lipinski definition) is 1. The van der Waals surface area contributed by atoms with Gasteiger partial charge in [0, 0.05) is 17.6 Å². The fourth-order valence-corrected chi connectivity index (χ4v) is 3.89. The van der Waals surface area contributed by atoms with Gasteiger partial charge in [-0.1, -0.05) is 6.07 Å². The zero-order valence-corrected chi connectivity index (χ0v) is 18.2. The maximum Gasteiger partial charge on any atom is 0.270 e. The molecule has 0 radical (unpaired) electrons. The molecule has 2 amide bonds. The van der Waals surface area contributed by atoms with Gasteiger partial charge >= 0.3 is 0 Å². The Balaban J connectivity index is 1.74. The highest BCUT2D eigenvalue weighted by atomic mass is 32.1. The highest BCUT2D eigenvalue weighted by Gasteiger charge is 2.34. The first kappa shape index (κ1) is 20.6. The van der Waals surface area contributed by atoms with Gasteiger partial charge in [-0.2, -0.15) is 0 Å². The Morgan fingerprint density at radius 2 is 1.65 bits per heavy atom. The lowest BCUT2D eigenvalue weighted by atomic mass is 10.1. The van der Waals surface area contributed by atoms with Crippen molar-refractivity contribution >= 4 is 40.9 Å². The van der Waals surface area contributed by atoms with E-state index in [0.29, 0.717) is 11.4 Å². The SMILES string of the molecule is COc1ccc(-n2cccc2/C=C2\C(=O)NC(=S)N(c3cc(C)cc(C)c3)C2=O)cc1. The van der Waals surface area contributed by atoms with Crippen molar-refractivity contribution in [1.29, 1.82) is 0 Å². The van der Waals surface area contributed by atoms with Gasteiger partial charge in [0.1, 0.15) is 11.3 Å². The lowest BCUT2D eigenvalue weighted by Crippen LogP contribution is -2.54. The van der Waals surface area contributed by atoms with E-state index in [1.807, 2.05) is 79.2 Å². The Morgan fingerprint density at radius 3 is 2.29 bits per heavy atom. The van der Waals surface area contributed by atoms with E-state index >= 15 is 0 Å². The maximum absolute atomic E-state index is 13.3. The van der Waals surface area contributed by atoms with Crippen molar-refractivity contribution < 1.29 is 14.3 Å². The van der Waals surface area contributed by atoms with Gasteiger partial charge in [-0.15, -0.1) is 0 Å². The van der Waals surface area contributed by atoms with Gasteiger partial charge in [0.25, 0.3) is 11.8 Å². The number of nitrogens with one attached hydrogen (secondary N) is 1. The molecule has 0 saturated carbocycles. The Morgan fingerprint density at radius 1 is 0.968 bits per heavy atom. The largest absolute Gasteiger partial charge is 0.497 e. The summed E-state index contributed by atoms with van der Waals surface area (Å²) in [5, 5.41) is 2.71. The first-order valence-electron chi connectivity index (χ1n) is 9.69. The highest BCUT2D eigenvalue weighted by molar-refractivity contribution is 7.80. The third-order valence-corrected chi connectivity index (χ3v) is 5.27. The van der Waals surface area contributed by atoms with Gasteiger partial charge in [-0.3, -0.25) is 19.8 Å². The minimum Gasteiger partial charge on any atom is -0.497 e. The molecular weight excluding hydrogens is 410 g/mol. The number of aryl methyl sites for hydroxylation is 2. The van der Waals surface area contributed by atoms with Crippen LogP contribution in [-0.2, 0) is 9.59 Å². The zero-order valence-electron chi connectivity index (χ0n) is 17.4. The van der Waals surface area contributed by atoms with Gasteiger partial charge in [-0.25, -0.2) is 0 Å². The van der Waals surface area contributed by atoms with Crippen LogP contribution >= 0.6 is 12.2 Å². The van der Waals surface area contributed by atoms with Crippen molar-refractivity contribution in [3.8, 4) is 11.4 Å². The maximum atomic E-state index is 13.3. The summed E-state index contributed by atoms with van der Waals surface area (Å²) in [5.74, 6) is -0.227. The van der Waals surface area contributed by atoms with E-state index in [9.17, 15) is 9.59 Å². The highest BCUT2D eigenvalue weighted by Crippen LogP contribution is 2.25. The lowest BCUT2D eigenvalue weighted by molar-refractivity contribution is -0.122. The molecule has 7 heteroatoms. The molecule has 2 aromatic carbocycles. The average Bonchev–Trinajstić information content (AvgIpc) is 3.18. The number of methoxy groups -OCH3 is 1. The van der Waals surface area contributed by atoms with Crippen LogP contribution in [0.5, 0.6) is 5.75 Å². The number of nitrogens with zero attached hydrogens (tertiary/aromatic N) is 2. The van der Waals surface area contributed by atoms with Crippen LogP contribution in [0.1, 0.15) is 16.8 Å². The summed E-state index contributed by atoms with van der Waals surface area (Å²) in [6.45, 7) is 3.90. The summed E-state index contributed by atoms with van der Waals surface area (Å²) in [7, 11) is 1.61. The van der Waals surface area contributed by atoms with Crippen LogP contribution in [0.25, 0.3) is 11.8 Å². The van der Waals surface area contributed by atoms with Gasteiger partial charge in [0.05, 0.1) is 12.8 Å². The number of anilines is 1. The van der Waals surface area contributed by atoms with E-state index in [-0.39, 0.29) is 10.7 Å². The number of thiocarbonyl (C=S) groups is 1. The first-order chi connectivity index (χ1) is 14.9. The van der Waals surface area contributed by atoms with Crippen LogP contribution in [0.3, 0.4) is 0 Å². The van der Waals surface area contributed by atoms with Crippen molar-refractivity contribution in [2.24, 2.45) is 0 Å². The Kier molecular flexibility index (Phi) is 5.44. The Labute approximate surface area is 185 Å². The number of ether oxygens (including phenoxy) is 1. The Bertz CT molecular complexity index is 1200. The number of amides is 2. The molecule has 1 aliphatic heterocycles. The molecule has 4 rings (SSSR count). The third-order valence-electron chi connectivity index (χ3n) is 4.99. The molecule has 6 nitrogen and oxygen atoms in total. The van der Waals surface area contributed by atoms with Crippen molar-refractivity contribution in [1.82, 2.24) is 9.88 Å². The number of hydrogen-bond acceptors (Lipinski definition) is 4. The molecule has 3 aromatic rings. The second-order valence-electron chi connectivity index (χ2n) is 7.30. The molecule has 31 heavy (non-hydrogen) atoms. The molecule has 2 heterocycles. The number of rotatable bonds is 4. The fourth-order valence-electron chi connectivity index (χ4n) is 3.61. The van der Waals surface area contributed by atoms with E-state index in [0.717, 1.165) is 22.6 Å². The first-order valence-corrected chi connectivity index (χ1v) is 10.1. The summed E-state index contributed by atoms with van der Waals surface area (Å²) in [6, 6.07) is 17.0. The second kappa shape index (κ2) is 8.20. The molecule has 156 valence electrons. The summed E-state index contributed by atoms with van der Waals surface area (Å²) >= 11 is 5.31. The van der Waals surface area contributed by atoms with Crippen LogP contribution in [0, 0.1) is 13.8 Å². The van der Waals surface area contributed by atoms with E-state index < -0.39 is 11.8 Å². The molecule has 0 bridgehead atoms. The smallest absolute Gasteiger partial charge is 0.270 e. The Hall–Kier alpha value is -3.71. The topological polar surface area (TPSA) is 63.6 Å². The molecule has 1 fully saturated rings. The van der Waals surface area contributed by atoms with Crippen LogP contribution in [-0.4, -0.2) is 28.6 Å². The molecular formula is C24H21N3O3S. The van der Waals surface area contributed by atoms with E-state index in [4.69, 9.17) is 17.0 Å². The summed E-state index contributed by atoms with van der Waals surface area (Å²) in [6.07, 6.45) is 3.45. The summed E-state index contributed by atoms with van der Waals surface area (Å²) in [5.41, 5.74) is 4.22. The number of carbonyl (C=O) groups excluding carboxylic acids is 2. The van der Waals surface area contributed by atoms with Crippen molar-refractivity contribution in [2.45, 2.75) is 13.8 Å². The molecule has 1 saturated heterocycles. The summed E-state index contributed by atoms with van der Waals surface area (Å²) < 4.78 is 7.10. The van der Waals surface area contributed by atoms with Gasteiger partial charge in [0.2, 0.25) is 0 Å². The molecule has 0 atom stereocenters. The monoisotopic (exact) mass is 431 g/mol. The molecule has 0 spiro atoms. The minimum atomic E-state index is -0.516. The minimum absolute atomic E-state index is 0.0150. The predicted octanol–water partition coefficient (Wildman–Crippen LogP) is 3.93. The van der Waals surface area contributed by atoms with E-state index in [2.05, 4.69) is 5.32 Å². The molecule has 0 unspecified atom stereocenters. The predicted molar refractivity (Wildman–Crippen MR) is 124 cm³/mol. The second-order valence-corrected chi connectivity index (χ2v) is 7.69.